The molecule has 0 spiro atoms. The first-order valence-corrected chi connectivity index (χ1v) is 9.70. The van der Waals surface area contributed by atoms with E-state index in [1.807, 2.05) is 6.92 Å². The first-order chi connectivity index (χ1) is 11.8. The van der Waals surface area contributed by atoms with Crippen LogP contribution < -0.4 is 10.6 Å². The Morgan fingerprint density at radius 2 is 1.84 bits per heavy atom. The van der Waals surface area contributed by atoms with Crippen molar-refractivity contribution in [3.8, 4) is 0 Å². The minimum Gasteiger partial charge on any atom is -0.360 e. The molecule has 1 aromatic heterocycles. The third kappa shape index (κ3) is 6.13. The van der Waals surface area contributed by atoms with Crippen LogP contribution in [0.5, 0.6) is 0 Å². The zero-order valence-corrected chi connectivity index (χ0v) is 16.3. The molecule has 1 heterocycles. The lowest BCUT2D eigenvalue weighted by Gasteiger charge is -2.10. The number of carbonyl (C=O) groups is 2. The highest BCUT2D eigenvalue weighted by atomic mass is 32.2. The molecule has 2 rings (SSSR count). The fourth-order valence-electron chi connectivity index (χ4n) is 1.86. The summed E-state index contributed by atoms with van der Waals surface area (Å²) in [5.74, 6) is 0.409. The maximum absolute atomic E-state index is 12.3. The predicted molar refractivity (Wildman–Crippen MR) is 104 cm³/mol. The minimum absolute atomic E-state index is 0.0000460. The van der Waals surface area contributed by atoms with E-state index in [1.54, 1.807) is 24.3 Å². The van der Waals surface area contributed by atoms with E-state index in [9.17, 15) is 9.59 Å². The molecule has 1 atom stereocenters. The van der Waals surface area contributed by atoms with Crippen molar-refractivity contribution >= 4 is 45.6 Å². The van der Waals surface area contributed by atoms with Crippen LogP contribution in [0, 0.1) is 5.92 Å². The Morgan fingerprint density at radius 3 is 2.44 bits per heavy atom. The number of thioether (sulfide) groups is 1. The van der Waals surface area contributed by atoms with Gasteiger partial charge in [-0.3, -0.25) is 9.59 Å². The average Bonchev–Trinajstić information content (AvgIpc) is 3.00. The van der Waals surface area contributed by atoms with E-state index in [1.165, 1.54) is 30.0 Å². The Balaban J connectivity index is 1.88. The third-order valence-electron chi connectivity index (χ3n) is 3.27. The topological polar surface area (TPSA) is 84.0 Å². The summed E-state index contributed by atoms with van der Waals surface area (Å²) in [5, 5.41) is 14.7. The lowest BCUT2D eigenvalue weighted by Crippen LogP contribution is -2.22. The van der Waals surface area contributed by atoms with E-state index in [-0.39, 0.29) is 16.9 Å². The normalized spacial score (nSPS) is 12.0. The molecule has 1 aromatic carbocycles. The van der Waals surface area contributed by atoms with Crippen LogP contribution in [-0.4, -0.2) is 33.7 Å². The number of aromatic nitrogens is 2. The Hall–Kier alpha value is -1.93. The zero-order chi connectivity index (χ0) is 18.4. The number of hydrogen-bond acceptors (Lipinski definition) is 7. The number of carbonyl (C=O) groups excluding carboxylic acids is 2. The summed E-state index contributed by atoms with van der Waals surface area (Å²) < 4.78 is 0.751. The zero-order valence-electron chi connectivity index (χ0n) is 14.7. The van der Waals surface area contributed by atoms with E-state index in [0.717, 1.165) is 16.0 Å². The van der Waals surface area contributed by atoms with Crippen LogP contribution >= 0.6 is 23.1 Å². The lowest BCUT2D eigenvalue weighted by atomic mass is 10.1. The first kappa shape index (κ1) is 19.4. The number of Topliss-reactive ketones (excluding diaryl/α,β-unsaturated/α-hetero) is 1. The second kappa shape index (κ2) is 8.96. The molecule has 0 aliphatic heterocycles. The summed E-state index contributed by atoms with van der Waals surface area (Å²) >= 11 is 2.82. The van der Waals surface area contributed by atoms with Gasteiger partial charge in [0, 0.05) is 17.8 Å². The number of amides is 1. The largest absolute Gasteiger partial charge is 0.360 e. The molecule has 0 fully saturated rings. The van der Waals surface area contributed by atoms with Crippen LogP contribution in [0.1, 0.15) is 38.1 Å². The van der Waals surface area contributed by atoms with Crippen LogP contribution in [-0.2, 0) is 4.79 Å². The Labute approximate surface area is 155 Å². The summed E-state index contributed by atoms with van der Waals surface area (Å²) in [6, 6.07) is 6.86. The number of nitrogens with one attached hydrogen (secondary N) is 2. The minimum atomic E-state index is -0.307. The fourth-order valence-corrected chi connectivity index (χ4v) is 3.76. The van der Waals surface area contributed by atoms with Gasteiger partial charge in [0.25, 0.3) is 0 Å². The second-order valence-corrected chi connectivity index (χ2v) is 8.60. The highest BCUT2D eigenvalue weighted by Gasteiger charge is 2.17. The predicted octanol–water partition coefficient (Wildman–Crippen LogP) is 3.93. The Morgan fingerprint density at radius 1 is 1.16 bits per heavy atom. The summed E-state index contributed by atoms with van der Waals surface area (Å²) in [6.07, 6.45) is 0. The van der Waals surface area contributed by atoms with Gasteiger partial charge in [0.05, 0.1) is 5.25 Å². The molecule has 0 aliphatic carbocycles. The number of ketones is 1. The molecule has 0 saturated heterocycles. The summed E-state index contributed by atoms with van der Waals surface area (Å²) in [6.45, 7) is 8.43. The van der Waals surface area contributed by atoms with Gasteiger partial charge >= 0.3 is 0 Å². The standard InChI is InChI=1S/C17H22N4O2S2/c1-10(2)9-18-16-20-21-17(25-16)24-12(4)15(23)19-14-7-5-13(6-8-14)11(3)22/h5-8,10,12H,9H2,1-4H3,(H,18,20)(H,19,23). The molecule has 1 amide bonds. The van der Waals surface area contributed by atoms with E-state index in [4.69, 9.17) is 0 Å². The van der Waals surface area contributed by atoms with Crippen LogP contribution in [0.4, 0.5) is 10.8 Å². The van der Waals surface area contributed by atoms with Gasteiger partial charge in [0.15, 0.2) is 10.1 Å². The van der Waals surface area contributed by atoms with Crippen molar-refractivity contribution in [2.45, 2.75) is 37.3 Å². The summed E-state index contributed by atoms with van der Waals surface area (Å²) in [7, 11) is 0. The maximum Gasteiger partial charge on any atom is 0.237 e. The molecule has 8 heteroatoms. The molecule has 0 bridgehead atoms. The molecule has 0 radical (unpaired) electrons. The van der Waals surface area contributed by atoms with E-state index >= 15 is 0 Å². The number of nitrogens with zero attached hydrogens (tertiary/aromatic N) is 2. The second-order valence-electron chi connectivity index (χ2n) is 6.03. The van der Waals surface area contributed by atoms with Gasteiger partial charge in [-0.2, -0.15) is 0 Å². The fraction of sp³-hybridized carbons (Fsp3) is 0.412. The van der Waals surface area contributed by atoms with Crippen molar-refractivity contribution in [1.29, 1.82) is 0 Å². The number of anilines is 2. The SMILES string of the molecule is CC(=O)c1ccc(NC(=O)C(C)Sc2nnc(NCC(C)C)s2)cc1. The number of rotatable bonds is 8. The smallest absolute Gasteiger partial charge is 0.237 e. The lowest BCUT2D eigenvalue weighted by molar-refractivity contribution is -0.115. The van der Waals surface area contributed by atoms with Gasteiger partial charge in [-0.15, -0.1) is 10.2 Å². The Kier molecular flexibility index (Phi) is 6.95. The highest BCUT2D eigenvalue weighted by Crippen LogP contribution is 2.29. The molecule has 2 N–H and O–H groups in total. The molecule has 6 nitrogen and oxygen atoms in total. The Bertz CT molecular complexity index is 729. The number of hydrogen-bond donors (Lipinski definition) is 2. The molecule has 0 aliphatic rings. The average molecular weight is 379 g/mol. The van der Waals surface area contributed by atoms with Gasteiger partial charge in [-0.25, -0.2) is 0 Å². The van der Waals surface area contributed by atoms with Crippen LogP contribution in [0.25, 0.3) is 0 Å². The molecule has 0 saturated carbocycles. The van der Waals surface area contributed by atoms with E-state index in [0.29, 0.717) is 17.2 Å². The molecule has 25 heavy (non-hydrogen) atoms. The van der Waals surface area contributed by atoms with E-state index in [2.05, 4.69) is 34.7 Å². The molecule has 2 aromatic rings. The van der Waals surface area contributed by atoms with Crippen molar-refractivity contribution in [3.05, 3.63) is 29.8 Å². The van der Waals surface area contributed by atoms with Crippen molar-refractivity contribution in [3.63, 3.8) is 0 Å². The maximum atomic E-state index is 12.3. The van der Waals surface area contributed by atoms with Gasteiger partial charge < -0.3 is 10.6 Å². The van der Waals surface area contributed by atoms with E-state index < -0.39 is 0 Å². The van der Waals surface area contributed by atoms with Crippen molar-refractivity contribution < 1.29 is 9.59 Å². The van der Waals surface area contributed by atoms with Crippen molar-refractivity contribution in [2.75, 3.05) is 17.2 Å². The quantitative estimate of drug-likeness (QED) is 0.535. The summed E-state index contributed by atoms with van der Waals surface area (Å²) in [5.41, 5.74) is 1.29. The first-order valence-electron chi connectivity index (χ1n) is 8.01. The van der Waals surface area contributed by atoms with Crippen molar-refractivity contribution in [1.82, 2.24) is 10.2 Å². The summed E-state index contributed by atoms with van der Waals surface area (Å²) in [4.78, 5) is 23.6. The van der Waals surface area contributed by atoms with Gasteiger partial charge in [0.1, 0.15) is 0 Å². The van der Waals surface area contributed by atoms with Gasteiger partial charge in [0.2, 0.25) is 11.0 Å². The molecular weight excluding hydrogens is 356 g/mol. The molecule has 134 valence electrons. The van der Waals surface area contributed by atoms with Crippen LogP contribution in [0.3, 0.4) is 0 Å². The highest BCUT2D eigenvalue weighted by molar-refractivity contribution is 8.02. The monoisotopic (exact) mass is 378 g/mol. The number of benzene rings is 1. The van der Waals surface area contributed by atoms with Crippen LogP contribution in [0.2, 0.25) is 0 Å². The van der Waals surface area contributed by atoms with Gasteiger partial charge in [-0.1, -0.05) is 36.9 Å². The van der Waals surface area contributed by atoms with Crippen LogP contribution in [0.15, 0.2) is 28.6 Å². The molecule has 1 unspecified atom stereocenters. The van der Waals surface area contributed by atoms with Gasteiger partial charge in [-0.05, 0) is 44.0 Å². The molecular formula is C17H22N4O2S2. The third-order valence-corrected chi connectivity index (χ3v) is 5.34. The van der Waals surface area contributed by atoms with Crippen molar-refractivity contribution in [2.24, 2.45) is 5.92 Å².